The number of pyridine rings is 1. The lowest BCUT2D eigenvalue weighted by Gasteiger charge is -2.31. The molecule has 2 saturated carbocycles. The first-order valence-corrected chi connectivity index (χ1v) is 16.0. The average Bonchev–Trinajstić information content (AvgIpc) is 3.65. The van der Waals surface area contributed by atoms with Gasteiger partial charge in [-0.3, -0.25) is 9.59 Å². The van der Waals surface area contributed by atoms with Gasteiger partial charge in [-0.1, -0.05) is 42.5 Å². The van der Waals surface area contributed by atoms with Crippen LogP contribution in [0.15, 0.2) is 66.7 Å². The van der Waals surface area contributed by atoms with Crippen molar-refractivity contribution in [1.82, 2.24) is 15.2 Å². The Bertz CT molecular complexity index is 1610. The van der Waals surface area contributed by atoms with Crippen LogP contribution in [0.25, 0.3) is 22.2 Å². The summed E-state index contributed by atoms with van der Waals surface area (Å²) in [6.45, 7) is 2.56. The summed E-state index contributed by atoms with van der Waals surface area (Å²) in [5, 5.41) is 3.89. The van der Waals surface area contributed by atoms with Crippen molar-refractivity contribution < 1.29 is 28.6 Å². The summed E-state index contributed by atoms with van der Waals surface area (Å²) in [7, 11) is 3.30. The second kappa shape index (κ2) is 12.9. The molecule has 1 N–H and O–H groups in total. The lowest BCUT2D eigenvalue weighted by molar-refractivity contribution is -0.158. The number of allylic oxidation sites excluding steroid dienone is 1. The highest BCUT2D eigenvalue weighted by molar-refractivity contribution is 5.95. The van der Waals surface area contributed by atoms with Crippen molar-refractivity contribution >= 4 is 28.7 Å². The Morgan fingerprint density at radius 1 is 1.07 bits per heavy atom. The van der Waals surface area contributed by atoms with E-state index in [1.165, 1.54) is 0 Å². The number of hydrogen-bond acceptors (Lipinski definition) is 7. The molecule has 5 unspecified atom stereocenters. The number of fused-ring (bicyclic) bond motifs is 3. The molecule has 0 radical (unpaired) electrons. The molecule has 3 aromatic rings. The van der Waals surface area contributed by atoms with Crippen LogP contribution >= 0.6 is 0 Å². The van der Waals surface area contributed by atoms with Gasteiger partial charge in [-0.05, 0) is 57.6 Å². The predicted octanol–water partition coefficient (Wildman–Crippen LogP) is 5.32. The van der Waals surface area contributed by atoms with Gasteiger partial charge in [0, 0.05) is 42.6 Å². The van der Waals surface area contributed by atoms with Crippen molar-refractivity contribution in [2.75, 3.05) is 27.3 Å². The molecule has 236 valence electrons. The van der Waals surface area contributed by atoms with Gasteiger partial charge in [0.25, 0.3) is 0 Å². The zero-order valence-corrected chi connectivity index (χ0v) is 26.2. The summed E-state index contributed by atoms with van der Waals surface area (Å²) in [5.74, 6) is -0.766. The second-order valence-electron chi connectivity index (χ2n) is 12.2. The topological polar surface area (TPSA) is 107 Å². The standard InChI is InChI=1S/C36H41N3O6/c1-4-44-35(42)36-22-24(36)14-10-5-6-11-17-37-33(40)28-18-26(19-29(28)34(41)39(36)2)45-32-21-30(23-12-8-7-9-13-23)38-31-20-25(43-3)15-16-27(31)32/h7-10,12-16,20-21,24,26,28-29H,4-6,11,17-19,22H2,1-3H3,(H,37,40)/b14-10+. The van der Waals surface area contributed by atoms with Crippen LogP contribution in [-0.4, -0.2) is 66.6 Å². The molecule has 45 heavy (non-hydrogen) atoms. The molecule has 9 heteroatoms. The fourth-order valence-electron chi connectivity index (χ4n) is 6.94. The number of rotatable bonds is 6. The number of ether oxygens (including phenoxy) is 3. The summed E-state index contributed by atoms with van der Waals surface area (Å²) in [4.78, 5) is 47.5. The zero-order chi connectivity index (χ0) is 31.6. The van der Waals surface area contributed by atoms with Crippen LogP contribution < -0.4 is 14.8 Å². The van der Waals surface area contributed by atoms with Crippen molar-refractivity contribution in [3.63, 3.8) is 0 Å². The van der Waals surface area contributed by atoms with Gasteiger partial charge in [-0.2, -0.15) is 0 Å². The Kier molecular flexibility index (Phi) is 8.79. The first kappa shape index (κ1) is 30.6. The SMILES string of the molecule is CCOC(=O)C12CC1/C=C/CCCCNC(=O)C1CC(Oc3cc(-c4ccccc4)nc4cc(OC)ccc34)CC1C(=O)N2C. The molecule has 5 atom stereocenters. The molecule has 2 heterocycles. The molecule has 2 aromatic carbocycles. The number of likely N-dealkylation sites (N-methyl/N-ethyl adjacent to an activating group) is 1. The summed E-state index contributed by atoms with van der Waals surface area (Å²) in [6, 6.07) is 17.5. The van der Waals surface area contributed by atoms with E-state index in [2.05, 4.69) is 17.5 Å². The molecule has 6 rings (SSSR count). The molecule has 0 saturated heterocycles. The quantitative estimate of drug-likeness (QED) is 0.297. The third-order valence-electron chi connectivity index (χ3n) is 9.52. The van der Waals surface area contributed by atoms with Crippen LogP contribution in [0.2, 0.25) is 0 Å². The van der Waals surface area contributed by atoms with Gasteiger partial charge in [-0.15, -0.1) is 0 Å². The first-order valence-electron chi connectivity index (χ1n) is 16.0. The molecule has 1 aromatic heterocycles. The minimum atomic E-state index is -1.04. The molecular formula is C36H41N3O6. The average molecular weight is 612 g/mol. The van der Waals surface area contributed by atoms with E-state index in [0.29, 0.717) is 37.3 Å². The van der Waals surface area contributed by atoms with Crippen LogP contribution in [0.1, 0.15) is 45.4 Å². The number of amides is 2. The maximum absolute atomic E-state index is 14.2. The van der Waals surface area contributed by atoms with Crippen LogP contribution in [0, 0.1) is 17.8 Å². The Morgan fingerprint density at radius 2 is 1.87 bits per heavy atom. The first-order chi connectivity index (χ1) is 21.8. The van der Waals surface area contributed by atoms with E-state index in [1.54, 1.807) is 26.0 Å². The third-order valence-corrected chi connectivity index (χ3v) is 9.52. The second-order valence-corrected chi connectivity index (χ2v) is 12.2. The lowest BCUT2D eigenvalue weighted by atomic mass is 9.92. The van der Waals surface area contributed by atoms with Crippen LogP contribution in [0.4, 0.5) is 0 Å². The Morgan fingerprint density at radius 3 is 2.64 bits per heavy atom. The van der Waals surface area contributed by atoms with Gasteiger partial charge in [0.1, 0.15) is 23.1 Å². The van der Waals surface area contributed by atoms with Crippen LogP contribution in [0.3, 0.4) is 0 Å². The van der Waals surface area contributed by atoms with E-state index >= 15 is 0 Å². The van der Waals surface area contributed by atoms with Gasteiger partial charge in [0.15, 0.2) is 0 Å². The van der Waals surface area contributed by atoms with Gasteiger partial charge < -0.3 is 24.4 Å². The van der Waals surface area contributed by atoms with E-state index < -0.39 is 23.5 Å². The summed E-state index contributed by atoms with van der Waals surface area (Å²) in [6.07, 6.45) is 7.59. The Hall–Kier alpha value is -4.40. The molecule has 1 aliphatic heterocycles. The van der Waals surface area contributed by atoms with Gasteiger partial charge >= 0.3 is 5.97 Å². The fourth-order valence-corrected chi connectivity index (χ4v) is 6.94. The number of aromatic nitrogens is 1. The van der Waals surface area contributed by atoms with Crippen molar-refractivity contribution in [1.29, 1.82) is 0 Å². The van der Waals surface area contributed by atoms with E-state index in [9.17, 15) is 14.4 Å². The maximum atomic E-state index is 14.2. The van der Waals surface area contributed by atoms with Crippen molar-refractivity contribution in [2.45, 2.75) is 57.1 Å². The van der Waals surface area contributed by atoms with E-state index in [1.807, 2.05) is 54.6 Å². The smallest absolute Gasteiger partial charge is 0.332 e. The Labute approximate surface area is 263 Å². The molecule has 3 aliphatic rings. The number of esters is 1. The minimum absolute atomic E-state index is 0.106. The fraction of sp³-hybridized carbons (Fsp3) is 0.444. The Balaban J connectivity index is 1.33. The van der Waals surface area contributed by atoms with Crippen LogP contribution in [0.5, 0.6) is 11.5 Å². The van der Waals surface area contributed by atoms with Gasteiger partial charge in [0.05, 0.1) is 36.8 Å². The lowest BCUT2D eigenvalue weighted by Crippen LogP contribution is -2.51. The number of methoxy groups -OCH3 is 1. The summed E-state index contributed by atoms with van der Waals surface area (Å²) < 4.78 is 17.6. The van der Waals surface area contributed by atoms with E-state index in [0.717, 1.165) is 41.4 Å². The predicted molar refractivity (Wildman–Crippen MR) is 171 cm³/mol. The van der Waals surface area contributed by atoms with Crippen molar-refractivity contribution in [3.8, 4) is 22.8 Å². The van der Waals surface area contributed by atoms with E-state index in [4.69, 9.17) is 19.2 Å². The molecule has 2 fully saturated rings. The number of nitrogens with zero attached hydrogens (tertiary/aromatic N) is 2. The molecule has 2 amide bonds. The normalized spacial score (nSPS) is 27.5. The largest absolute Gasteiger partial charge is 0.497 e. The maximum Gasteiger partial charge on any atom is 0.332 e. The zero-order valence-electron chi connectivity index (χ0n) is 26.2. The highest BCUT2D eigenvalue weighted by Crippen LogP contribution is 2.51. The van der Waals surface area contributed by atoms with Gasteiger partial charge in [-0.25, -0.2) is 9.78 Å². The summed E-state index contributed by atoms with van der Waals surface area (Å²) in [5.41, 5.74) is 1.37. The van der Waals surface area contributed by atoms with Crippen molar-refractivity contribution in [3.05, 3.63) is 66.7 Å². The van der Waals surface area contributed by atoms with E-state index in [-0.39, 0.29) is 30.3 Å². The minimum Gasteiger partial charge on any atom is -0.497 e. The summed E-state index contributed by atoms with van der Waals surface area (Å²) >= 11 is 0. The van der Waals surface area contributed by atoms with Crippen molar-refractivity contribution in [2.24, 2.45) is 17.8 Å². The number of hydrogen-bond donors (Lipinski definition) is 1. The molecule has 0 spiro atoms. The number of benzene rings is 2. The molecule has 0 bridgehead atoms. The highest BCUT2D eigenvalue weighted by Gasteiger charge is 2.65. The molecular weight excluding hydrogens is 570 g/mol. The number of nitrogens with one attached hydrogen (secondary N) is 1. The third kappa shape index (κ3) is 6.00. The molecule has 2 aliphatic carbocycles. The number of carbonyl (C=O) groups excluding carboxylic acids is 3. The molecule has 9 nitrogen and oxygen atoms in total. The highest BCUT2D eigenvalue weighted by atomic mass is 16.5. The van der Waals surface area contributed by atoms with Gasteiger partial charge in [0.2, 0.25) is 11.8 Å². The van der Waals surface area contributed by atoms with Crippen LogP contribution in [-0.2, 0) is 19.1 Å². The monoisotopic (exact) mass is 611 g/mol. The number of carbonyl (C=O) groups is 3.